The molecule has 26 heavy (non-hydrogen) atoms. The van der Waals surface area contributed by atoms with E-state index >= 15 is 0 Å². The number of fused-ring (bicyclic) bond motifs is 1. The minimum Gasteiger partial charge on any atom is -0.349 e. The van der Waals surface area contributed by atoms with Crippen molar-refractivity contribution in [2.24, 2.45) is 0 Å². The lowest BCUT2D eigenvalue weighted by molar-refractivity contribution is 0.0945. The van der Waals surface area contributed by atoms with E-state index in [1.807, 2.05) is 17.6 Å². The minimum atomic E-state index is -0.182. The molecule has 0 aliphatic carbocycles. The average molecular weight is 418 g/mol. The SMILES string of the molecule is CCN(C)CCNC(=O)c1ccc(Nc2ncc(Br)n3ccnc23)cn1. The molecule has 1 amide bonds. The maximum atomic E-state index is 12.1. The third kappa shape index (κ3) is 4.17. The second-order valence-corrected chi connectivity index (χ2v) is 6.57. The van der Waals surface area contributed by atoms with Crippen LogP contribution in [0.5, 0.6) is 0 Å². The minimum absolute atomic E-state index is 0.182. The van der Waals surface area contributed by atoms with Gasteiger partial charge in [-0.25, -0.2) is 15.0 Å². The summed E-state index contributed by atoms with van der Waals surface area (Å²) in [5, 5.41) is 6.04. The van der Waals surface area contributed by atoms with Gasteiger partial charge >= 0.3 is 0 Å². The van der Waals surface area contributed by atoms with Crippen molar-refractivity contribution in [2.75, 3.05) is 32.0 Å². The molecule has 2 N–H and O–H groups in total. The first-order valence-corrected chi connectivity index (χ1v) is 9.05. The van der Waals surface area contributed by atoms with E-state index in [4.69, 9.17) is 0 Å². The quantitative estimate of drug-likeness (QED) is 0.613. The summed E-state index contributed by atoms with van der Waals surface area (Å²) in [7, 11) is 2.01. The number of nitrogens with zero attached hydrogens (tertiary/aromatic N) is 5. The van der Waals surface area contributed by atoms with Crippen molar-refractivity contribution in [3.63, 3.8) is 0 Å². The predicted molar refractivity (Wildman–Crippen MR) is 104 cm³/mol. The van der Waals surface area contributed by atoms with E-state index in [2.05, 4.69) is 53.3 Å². The van der Waals surface area contributed by atoms with Crippen LogP contribution in [0.25, 0.3) is 5.65 Å². The fourth-order valence-corrected chi connectivity index (χ4v) is 2.71. The zero-order valence-corrected chi connectivity index (χ0v) is 16.2. The fraction of sp³-hybridized carbons (Fsp3) is 0.294. The maximum absolute atomic E-state index is 12.1. The largest absolute Gasteiger partial charge is 0.349 e. The Morgan fingerprint density at radius 3 is 2.85 bits per heavy atom. The molecule has 3 aromatic rings. The molecule has 0 aliphatic heterocycles. The molecule has 3 aromatic heterocycles. The molecule has 0 bridgehead atoms. The number of anilines is 2. The zero-order chi connectivity index (χ0) is 18.5. The Bertz CT molecular complexity index is 894. The molecular formula is C17H20BrN7O. The lowest BCUT2D eigenvalue weighted by Crippen LogP contribution is -2.33. The normalized spacial score (nSPS) is 11.1. The van der Waals surface area contributed by atoms with Crippen LogP contribution in [0.3, 0.4) is 0 Å². The molecule has 0 aliphatic rings. The highest BCUT2D eigenvalue weighted by molar-refractivity contribution is 9.10. The molecule has 0 fully saturated rings. The van der Waals surface area contributed by atoms with Crippen molar-refractivity contribution in [1.29, 1.82) is 0 Å². The molecular weight excluding hydrogens is 398 g/mol. The molecule has 0 atom stereocenters. The Balaban J connectivity index is 1.65. The summed E-state index contributed by atoms with van der Waals surface area (Å²) < 4.78 is 2.69. The van der Waals surface area contributed by atoms with Gasteiger partial charge in [-0.1, -0.05) is 6.92 Å². The summed E-state index contributed by atoms with van der Waals surface area (Å²) in [6.45, 7) is 4.41. The van der Waals surface area contributed by atoms with Gasteiger partial charge in [-0.05, 0) is 41.7 Å². The second kappa shape index (κ2) is 8.24. The summed E-state index contributed by atoms with van der Waals surface area (Å²) in [6, 6.07) is 3.48. The molecule has 0 aromatic carbocycles. The number of carbonyl (C=O) groups excluding carboxylic acids is 1. The number of amides is 1. The Kier molecular flexibility index (Phi) is 5.79. The lowest BCUT2D eigenvalue weighted by atomic mass is 10.3. The number of halogens is 1. The van der Waals surface area contributed by atoms with Crippen LogP contribution in [0, 0.1) is 0 Å². The molecule has 136 valence electrons. The molecule has 3 heterocycles. The Labute approximate surface area is 159 Å². The van der Waals surface area contributed by atoms with E-state index < -0.39 is 0 Å². The molecule has 0 radical (unpaired) electrons. The van der Waals surface area contributed by atoms with Crippen LogP contribution in [0.4, 0.5) is 11.5 Å². The number of pyridine rings is 1. The summed E-state index contributed by atoms with van der Waals surface area (Å²) in [6.07, 6.45) is 6.85. The van der Waals surface area contributed by atoms with Crippen LogP contribution in [0.15, 0.2) is 41.5 Å². The van der Waals surface area contributed by atoms with Gasteiger partial charge in [-0.15, -0.1) is 0 Å². The number of hydrogen-bond acceptors (Lipinski definition) is 6. The van der Waals surface area contributed by atoms with Gasteiger partial charge in [0.05, 0.1) is 18.1 Å². The van der Waals surface area contributed by atoms with E-state index in [-0.39, 0.29) is 5.91 Å². The number of carbonyl (C=O) groups is 1. The molecule has 0 saturated carbocycles. The van der Waals surface area contributed by atoms with Gasteiger partial charge in [-0.2, -0.15) is 0 Å². The third-order valence-corrected chi connectivity index (χ3v) is 4.55. The van der Waals surface area contributed by atoms with Crippen molar-refractivity contribution < 1.29 is 4.79 Å². The highest BCUT2D eigenvalue weighted by Crippen LogP contribution is 2.21. The van der Waals surface area contributed by atoms with Gasteiger partial charge in [0.15, 0.2) is 11.5 Å². The van der Waals surface area contributed by atoms with Crippen molar-refractivity contribution in [3.05, 3.63) is 47.2 Å². The van der Waals surface area contributed by atoms with E-state index in [1.54, 1.807) is 30.7 Å². The molecule has 9 heteroatoms. The van der Waals surface area contributed by atoms with Crippen LogP contribution in [-0.2, 0) is 0 Å². The fourth-order valence-electron chi connectivity index (χ4n) is 2.32. The number of imidazole rings is 1. The number of nitrogens with one attached hydrogen (secondary N) is 2. The van der Waals surface area contributed by atoms with Crippen LogP contribution in [0.2, 0.25) is 0 Å². The van der Waals surface area contributed by atoms with Gasteiger partial charge in [0.1, 0.15) is 10.3 Å². The summed E-state index contributed by atoms with van der Waals surface area (Å²) in [4.78, 5) is 27.1. The summed E-state index contributed by atoms with van der Waals surface area (Å²) in [5.74, 6) is 0.429. The van der Waals surface area contributed by atoms with E-state index in [0.29, 0.717) is 23.7 Å². The van der Waals surface area contributed by atoms with Gasteiger partial charge in [-0.3, -0.25) is 9.20 Å². The van der Waals surface area contributed by atoms with Crippen molar-refractivity contribution >= 4 is 39.0 Å². The summed E-state index contributed by atoms with van der Waals surface area (Å²) >= 11 is 3.43. The number of hydrogen-bond donors (Lipinski definition) is 2. The van der Waals surface area contributed by atoms with E-state index in [0.717, 1.165) is 23.4 Å². The molecule has 3 rings (SSSR count). The van der Waals surface area contributed by atoms with Gasteiger partial charge in [0, 0.05) is 25.5 Å². The van der Waals surface area contributed by atoms with Gasteiger partial charge in [0.2, 0.25) is 0 Å². The van der Waals surface area contributed by atoms with Crippen LogP contribution in [0.1, 0.15) is 17.4 Å². The topological polar surface area (TPSA) is 87.5 Å². The Morgan fingerprint density at radius 2 is 2.12 bits per heavy atom. The van der Waals surface area contributed by atoms with Crippen molar-refractivity contribution in [3.8, 4) is 0 Å². The number of aromatic nitrogens is 4. The Hall–Kier alpha value is -2.52. The predicted octanol–water partition coefficient (Wildman–Crippen LogP) is 2.31. The van der Waals surface area contributed by atoms with Gasteiger partial charge < -0.3 is 15.5 Å². The molecule has 0 spiro atoms. The van der Waals surface area contributed by atoms with E-state index in [9.17, 15) is 4.79 Å². The average Bonchev–Trinajstić information content (AvgIpc) is 3.15. The lowest BCUT2D eigenvalue weighted by Gasteiger charge is -2.13. The van der Waals surface area contributed by atoms with Crippen molar-refractivity contribution in [1.82, 2.24) is 29.6 Å². The zero-order valence-electron chi connectivity index (χ0n) is 14.6. The first-order chi connectivity index (χ1) is 12.6. The smallest absolute Gasteiger partial charge is 0.269 e. The van der Waals surface area contributed by atoms with Gasteiger partial charge in [0.25, 0.3) is 5.91 Å². The molecule has 0 saturated heterocycles. The van der Waals surface area contributed by atoms with Crippen LogP contribution < -0.4 is 10.6 Å². The van der Waals surface area contributed by atoms with Crippen LogP contribution >= 0.6 is 15.9 Å². The molecule has 8 nitrogen and oxygen atoms in total. The monoisotopic (exact) mass is 417 g/mol. The first-order valence-electron chi connectivity index (χ1n) is 8.26. The Morgan fingerprint density at radius 1 is 1.27 bits per heavy atom. The number of rotatable bonds is 7. The first kappa shape index (κ1) is 18.3. The maximum Gasteiger partial charge on any atom is 0.269 e. The third-order valence-electron chi connectivity index (χ3n) is 3.96. The summed E-state index contributed by atoms with van der Waals surface area (Å²) in [5.41, 5.74) is 1.80. The number of likely N-dealkylation sites (N-methyl/N-ethyl adjacent to an activating group) is 1. The van der Waals surface area contributed by atoms with Crippen molar-refractivity contribution in [2.45, 2.75) is 6.92 Å². The highest BCUT2D eigenvalue weighted by atomic mass is 79.9. The second-order valence-electron chi connectivity index (χ2n) is 5.76. The molecule has 0 unspecified atom stereocenters. The van der Waals surface area contributed by atoms with E-state index in [1.165, 1.54) is 0 Å². The highest BCUT2D eigenvalue weighted by Gasteiger charge is 2.10. The van der Waals surface area contributed by atoms with Crippen LogP contribution in [-0.4, -0.2) is 56.8 Å². The standard InChI is InChI=1S/C17H20BrN7O/c1-3-24(2)8-6-20-17(26)13-5-4-12(10-21-13)23-15-16-19-7-9-25(16)14(18)11-22-15/h4-5,7,9-11H,3,6,8H2,1-2H3,(H,20,26)(H,22,23).